The number of carboxylic acids is 1. The van der Waals surface area contributed by atoms with Crippen molar-refractivity contribution >= 4 is 29.1 Å². The summed E-state index contributed by atoms with van der Waals surface area (Å²) in [4.78, 5) is 16.1. The topological polar surface area (TPSA) is 62.2 Å². The number of aromatic nitrogens is 1. The maximum Gasteiger partial charge on any atom is 0.325 e. The van der Waals surface area contributed by atoms with Gasteiger partial charge in [-0.1, -0.05) is 18.7 Å². The van der Waals surface area contributed by atoms with Gasteiger partial charge in [0.05, 0.1) is 0 Å². The lowest BCUT2D eigenvalue weighted by Gasteiger charge is -2.30. The van der Waals surface area contributed by atoms with Crippen LogP contribution in [0.15, 0.2) is 9.72 Å². The second-order valence-electron chi connectivity index (χ2n) is 5.02. The normalized spacial score (nSPS) is 18.2. The number of rotatable bonds is 8. The van der Waals surface area contributed by atoms with E-state index in [-0.39, 0.29) is 5.92 Å². The van der Waals surface area contributed by atoms with Crippen LogP contribution in [0.3, 0.4) is 0 Å². The number of carboxylic acid groups (broad SMARTS) is 1. The van der Waals surface area contributed by atoms with E-state index in [0.717, 1.165) is 35.8 Å². The summed E-state index contributed by atoms with van der Waals surface area (Å²) >= 11 is 3.15. The van der Waals surface area contributed by atoms with Gasteiger partial charge >= 0.3 is 5.97 Å². The van der Waals surface area contributed by atoms with Gasteiger partial charge in [-0.15, -0.1) is 11.3 Å². The molecule has 1 saturated carbocycles. The Labute approximate surface area is 122 Å². The van der Waals surface area contributed by atoms with Crippen molar-refractivity contribution in [2.45, 2.75) is 43.0 Å². The Balaban J connectivity index is 2.05. The third-order valence-corrected chi connectivity index (χ3v) is 5.70. The predicted octanol–water partition coefficient (Wildman–Crippen LogP) is 2.78. The van der Waals surface area contributed by atoms with Gasteiger partial charge < -0.3 is 10.4 Å². The minimum Gasteiger partial charge on any atom is -0.480 e. The van der Waals surface area contributed by atoms with Gasteiger partial charge in [0.2, 0.25) is 0 Å². The molecule has 6 heteroatoms. The van der Waals surface area contributed by atoms with Gasteiger partial charge in [-0.2, -0.15) is 0 Å². The maximum absolute atomic E-state index is 11.7. The fourth-order valence-corrected chi connectivity index (χ4v) is 4.26. The number of hydrogen-bond acceptors (Lipinski definition) is 5. The van der Waals surface area contributed by atoms with Crippen LogP contribution in [-0.4, -0.2) is 33.9 Å². The molecule has 4 nitrogen and oxygen atoms in total. The number of nitrogens with zero attached hydrogens (tertiary/aromatic N) is 1. The van der Waals surface area contributed by atoms with Gasteiger partial charge in [0.1, 0.15) is 9.88 Å². The molecule has 19 heavy (non-hydrogen) atoms. The lowest BCUT2D eigenvalue weighted by molar-refractivity contribution is -0.144. The fourth-order valence-electron chi connectivity index (χ4n) is 2.12. The van der Waals surface area contributed by atoms with E-state index in [1.54, 1.807) is 23.1 Å². The molecule has 0 aromatic carbocycles. The average molecular weight is 300 g/mol. The van der Waals surface area contributed by atoms with Crippen molar-refractivity contribution < 1.29 is 9.90 Å². The van der Waals surface area contributed by atoms with Crippen molar-refractivity contribution in [1.82, 2.24) is 10.3 Å². The molecule has 1 aliphatic carbocycles. The van der Waals surface area contributed by atoms with Gasteiger partial charge in [0.15, 0.2) is 0 Å². The molecule has 1 aromatic rings. The van der Waals surface area contributed by atoms with Gasteiger partial charge in [0.25, 0.3) is 0 Å². The zero-order chi connectivity index (χ0) is 13.9. The molecule has 0 spiro atoms. The van der Waals surface area contributed by atoms with E-state index < -0.39 is 11.5 Å². The van der Waals surface area contributed by atoms with Crippen molar-refractivity contribution in [3.8, 4) is 0 Å². The van der Waals surface area contributed by atoms with Crippen molar-refractivity contribution in [1.29, 1.82) is 0 Å². The average Bonchev–Trinajstić information content (AvgIpc) is 3.13. The van der Waals surface area contributed by atoms with Crippen LogP contribution in [0, 0.1) is 12.8 Å². The molecule has 0 radical (unpaired) electrons. The second-order valence-corrected chi connectivity index (χ2v) is 7.10. The highest BCUT2D eigenvalue weighted by Crippen LogP contribution is 2.43. The first-order valence-electron chi connectivity index (χ1n) is 6.62. The van der Waals surface area contributed by atoms with Crippen molar-refractivity contribution in [2.75, 3.05) is 12.3 Å². The molecule has 0 amide bonds. The number of aryl methyl sites for hydroxylation is 1. The third-order valence-electron chi connectivity index (χ3n) is 3.37. The van der Waals surface area contributed by atoms with Crippen LogP contribution in [0.2, 0.25) is 0 Å². The maximum atomic E-state index is 11.7. The Morgan fingerprint density at radius 2 is 2.42 bits per heavy atom. The third kappa shape index (κ3) is 3.49. The first-order valence-corrected chi connectivity index (χ1v) is 8.48. The molecule has 0 aliphatic heterocycles. The molecule has 1 unspecified atom stereocenters. The summed E-state index contributed by atoms with van der Waals surface area (Å²) in [7, 11) is 0. The molecule has 2 N–H and O–H groups in total. The number of carbonyl (C=O) groups is 1. The standard InChI is InChI=1S/C13H20N2O2S2/c1-3-6-14-13(11(16)17,10-4-5-10)8-19-12-15-9(2)7-18-12/h7,10,14H,3-6,8H2,1-2H3,(H,16,17). The van der Waals surface area contributed by atoms with Crippen LogP contribution in [0.4, 0.5) is 0 Å². The lowest BCUT2D eigenvalue weighted by atomic mass is 9.95. The SMILES string of the molecule is CCCNC(CSc1nc(C)cs1)(C(=O)O)C1CC1. The van der Waals surface area contributed by atoms with E-state index in [2.05, 4.69) is 17.2 Å². The molecule has 2 rings (SSSR count). The lowest BCUT2D eigenvalue weighted by Crippen LogP contribution is -2.56. The Morgan fingerprint density at radius 1 is 1.68 bits per heavy atom. The smallest absolute Gasteiger partial charge is 0.325 e. The Kier molecular flexibility index (Phi) is 4.86. The molecule has 0 saturated heterocycles. The van der Waals surface area contributed by atoms with Crippen LogP contribution >= 0.6 is 23.1 Å². The van der Waals surface area contributed by atoms with Crippen molar-refractivity contribution in [3.05, 3.63) is 11.1 Å². The number of aliphatic carboxylic acids is 1. The Morgan fingerprint density at radius 3 is 2.89 bits per heavy atom. The highest BCUT2D eigenvalue weighted by Gasteiger charge is 2.50. The minimum atomic E-state index is -0.778. The van der Waals surface area contributed by atoms with Crippen LogP contribution in [0.5, 0.6) is 0 Å². The summed E-state index contributed by atoms with van der Waals surface area (Å²) in [5, 5.41) is 14.9. The van der Waals surface area contributed by atoms with Crippen LogP contribution in [0.1, 0.15) is 31.9 Å². The van der Waals surface area contributed by atoms with E-state index in [0.29, 0.717) is 5.75 Å². The summed E-state index contributed by atoms with van der Waals surface area (Å²) in [6.45, 7) is 4.77. The predicted molar refractivity (Wildman–Crippen MR) is 79.0 cm³/mol. The van der Waals surface area contributed by atoms with Gasteiger partial charge in [-0.25, -0.2) is 4.98 Å². The van der Waals surface area contributed by atoms with Gasteiger partial charge in [0, 0.05) is 16.8 Å². The van der Waals surface area contributed by atoms with E-state index in [4.69, 9.17) is 0 Å². The monoisotopic (exact) mass is 300 g/mol. The van der Waals surface area contributed by atoms with Crippen LogP contribution in [-0.2, 0) is 4.79 Å². The first kappa shape index (κ1) is 14.8. The zero-order valence-electron chi connectivity index (χ0n) is 11.3. The van der Waals surface area contributed by atoms with E-state index in [1.165, 1.54) is 0 Å². The first-order chi connectivity index (χ1) is 9.08. The van der Waals surface area contributed by atoms with E-state index in [9.17, 15) is 9.90 Å². The molecule has 0 bridgehead atoms. The minimum absolute atomic E-state index is 0.269. The molecule has 1 aliphatic rings. The highest BCUT2D eigenvalue weighted by atomic mass is 32.2. The van der Waals surface area contributed by atoms with Crippen molar-refractivity contribution in [2.24, 2.45) is 5.92 Å². The summed E-state index contributed by atoms with van der Waals surface area (Å²) < 4.78 is 0.960. The molecule has 1 aromatic heterocycles. The summed E-state index contributed by atoms with van der Waals surface area (Å²) in [5.74, 6) is 0.106. The largest absolute Gasteiger partial charge is 0.480 e. The fraction of sp³-hybridized carbons (Fsp3) is 0.692. The van der Waals surface area contributed by atoms with Gasteiger partial charge in [-0.05, 0) is 38.6 Å². The number of hydrogen-bond donors (Lipinski definition) is 2. The number of thiazole rings is 1. The van der Waals surface area contributed by atoms with Gasteiger partial charge in [-0.3, -0.25) is 4.79 Å². The number of thioether (sulfide) groups is 1. The highest BCUT2D eigenvalue weighted by molar-refractivity contribution is 8.01. The molecule has 1 atom stereocenters. The van der Waals surface area contributed by atoms with Crippen molar-refractivity contribution in [3.63, 3.8) is 0 Å². The molecular formula is C13H20N2O2S2. The Hall–Kier alpha value is -0.590. The summed E-state index contributed by atoms with van der Waals surface area (Å²) in [5.41, 5.74) is 0.224. The molecular weight excluding hydrogens is 280 g/mol. The molecule has 106 valence electrons. The summed E-state index contributed by atoms with van der Waals surface area (Å²) in [6.07, 6.45) is 2.98. The number of nitrogens with one attached hydrogen (secondary N) is 1. The molecule has 1 fully saturated rings. The quantitative estimate of drug-likeness (QED) is 0.723. The molecule has 1 heterocycles. The second kappa shape index (κ2) is 6.24. The summed E-state index contributed by atoms with van der Waals surface area (Å²) in [6, 6.07) is 0. The Bertz CT molecular complexity index is 446. The van der Waals surface area contributed by atoms with Crippen LogP contribution < -0.4 is 5.32 Å². The van der Waals surface area contributed by atoms with E-state index in [1.807, 2.05) is 12.3 Å². The zero-order valence-corrected chi connectivity index (χ0v) is 12.9. The van der Waals surface area contributed by atoms with E-state index >= 15 is 0 Å². The van der Waals surface area contributed by atoms with Crippen LogP contribution in [0.25, 0.3) is 0 Å².